The van der Waals surface area contributed by atoms with E-state index in [9.17, 15) is 4.79 Å². The number of piperidine rings is 1. The molecule has 1 saturated heterocycles. The van der Waals surface area contributed by atoms with E-state index in [-0.39, 0.29) is 11.8 Å². The van der Waals surface area contributed by atoms with Gasteiger partial charge in [-0.25, -0.2) is 4.98 Å². The molecule has 1 aromatic carbocycles. The van der Waals surface area contributed by atoms with Crippen molar-refractivity contribution in [3.05, 3.63) is 52.5 Å². The van der Waals surface area contributed by atoms with Crippen molar-refractivity contribution in [3.63, 3.8) is 0 Å². The molecular formula is C17H20BrN3O. The van der Waals surface area contributed by atoms with E-state index < -0.39 is 0 Å². The van der Waals surface area contributed by atoms with E-state index in [0.717, 1.165) is 48.9 Å². The number of amides is 1. The molecule has 116 valence electrons. The Bertz CT molecular complexity index is 636. The van der Waals surface area contributed by atoms with E-state index in [2.05, 4.69) is 61.3 Å². The highest BCUT2D eigenvalue weighted by molar-refractivity contribution is 9.10. The van der Waals surface area contributed by atoms with Crippen molar-refractivity contribution in [1.29, 1.82) is 0 Å². The molecule has 0 bridgehead atoms. The van der Waals surface area contributed by atoms with Gasteiger partial charge in [0.25, 0.3) is 0 Å². The van der Waals surface area contributed by atoms with Crippen LogP contribution in [0.4, 0.5) is 0 Å². The minimum atomic E-state index is 0.0866. The van der Waals surface area contributed by atoms with Gasteiger partial charge in [0, 0.05) is 36.1 Å². The van der Waals surface area contributed by atoms with Crippen molar-refractivity contribution in [1.82, 2.24) is 14.9 Å². The highest BCUT2D eigenvalue weighted by Crippen LogP contribution is 2.17. The molecule has 3 rings (SSSR count). The fourth-order valence-corrected chi connectivity index (χ4v) is 3.09. The van der Waals surface area contributed by atoms with Crippen molar-refractivity contribution in [2.24, 2.45) is 5.92 Å². The monoisotopic (exact) mass is 361 g/mol. The number of nitrogens with one attached hydrogen (secondary N) is 1. The largest absolute Gasteiger partial charge is 0.356 e. The Morgan fingerprint density at radius 2 is 2.14 bits per heavy atom. The molecule has 1 fully saturated rings. The summed E-state index contributed by atoms with van der Waals surface area (Å²) < 4.78 is 3.21. The fourth-order valence-electron chi connectivity index (χ4n) is 2.83. The molecule has 1 aliphatic rings. The van der Waals surface area contributed by atoms with Gasteiger partial charge < -0.3 is 9.88 Å². The first-order valence-corrected chi connectivity index (χ1v) is 8.53. The summed E-state index contributed by atoms with van der Waals surface area (Å²) in [6.45, 7) is 1.72. The first kappa shape index (κ1) is 15.3. The third kappa shape index (κ3) is 3.97. The van der Waals surface area contributed by atoms with Gasteiger partial charge >= 0.3 is 0 Å². The number of carbonyl (C=O) groups excluding carboxylic acids is 1. The maximum absolute atomic E-state index is 11.8. The van der Waals surface area contributed by atoms with Crippen LogP contribution < -0.4 is 5.32 Å². The maximum Gasteiger partial charge on any atom is 0.223 e. The number of rotatable bonds is 5. The summed E-state index contributed by atoms with van der Waals surface area (Å²) in [6.07, 6.45) is 7.71. The molecule has 4 nitrogen and oxygen atoms in total. The summed E-state index contributed by atoms with van der Waals surface area (Å²) in [4.78, 5) is 16.2. The number of nitrogens with zero attached hydrogens (tertiary/aromatic N) is 2. The van der Waals surface area contributed by atoms with Crippen LogP contribution in [-0.4, -0.2) is 22.0 Å². The van der Waals surface area contributed by atoms with Crippen molar-refractivity contribution in [2.45, 2.75) is 32.2 Å². The Labute approximate surface area is 139 Å². The van der Waals surface area contributed by atoms with Crippen LogP contribution in [-0.2, 0) is 24.2 Å². The van der Waals surface area contributed by atoms with Gasteiger partial charge in [0.1, 0.15) is 0 Å². The number of benzene rings is 1. The van der Waals surface area contributed by atoms with Crippen LogP contribution >= 0.6 is 15.9 Å². The van der Waals surface area contributed by atoms with Crippen LogP contribution in [0, 0.1) is 5.92 Å². The summed E-state index contributed by atoms with van der Waals surface area (Å²) in [5.41, 5.74) is 2.32. The van der Waals surface area contributed by atoms with E-state index in [1.165, 1.54) is 5.56 Å². The topological polar surface area (TPSA) is 46.9 Å². The summed E-state index contributed by atoms with van der Waals surface area (Å²) in [5, 5.41) is 2.93. The van der Waals surface area contributed by atoms with E-state index in [4.69, 9.17) is 0 Å². The molecule has 0 aliphatic carbocycles. The molecular weight excluding hydrogens is 342 g/mol. The van der Waals surface area contributed by atoms with Gasteiger partial charge in [-0.05, 0) is 37.0 Å². The lowest BCUT2D eigenvalue weighted by molar-refractivity contribution is -0.126. The van der Waals surface area contributed by atoms with Crippen molar-refractivity contribution in [3.8, 4) is 0 Å². The lowest BCUT2D eigenvalue weighted by atomic mass is 9.94. The number of aryl methyl sites for hydroxylation is 2. The highest BCUT2D eigenvalue weighted by Gasteiger charge is 2.22. The van der Waals surface area contributed by atoms with Gasteiger partial charge in [-0.15, -0.1) is 0 Å². The summed E-state index contributed by atoms with van der Waals surface area (Å²) in [7, 11) is 0. The molecule has 0 spiro atoms. The number of halogens is 1. The third-order valence-electron chi connectivity index (χ3n) is 4.11. The second-order valence-electron chi connectivity index (χ2n) is 5.81. The number of hydrogen-bond donors (Lipinski definition) is 1. The van der Waals surface area contributed by atoms with Crippen LogP contribution in [0.5, 0.6) is 0 Å². The van der Waals surface area contributed by atoms with Gasteiger partial charge in [-0.2, -0.15) is 0 Å². The normalized spacial score (nSPS) is 18.2. The second-order valence-corrected chi connectivity index (χ2v) is 6.73. The third-order valence-corrected chi connectivity index (χ3v) is 4.64. The standard InChI is InChI=1S/C17H20BrN3O/c18-15-5-3-13(4-6-15)7-9-21-11-16(20-12-21)10-14-2-1-8-19-17(14)22/h3-6,11-12,14H,1-2,7-10H2,(H,19,22). The number of carbonyl (C=O) groups is 1. The van der Waals surface area contributed by atoms with Gasteiger partial charge in [0.2, 0.25) is 5.91 Å². The van der Waals surface area contributed by atoms with E-state index in [1.54, 1.807) is 0 Å². The number of imidazole rings is 1. The summed E-state index contributed by atoms with van der Waals surface area (Å²) >= 11 is 3.45. The average molecular weight is 362 g/mol. The smallest absolute Gasteiger partial charge is 0.223 e. The van der Waals surface area contributed by atoms with Gasteiger partial charge in [-0.1, -0.05) is 28.1 Å². The Kier molecular flexibility index (Phi) is 4.93. The molecule has 1 aromatic heterocycles. The first-order valence-electron chi connectivity index (χ1n) is 7.73. The predicted molar refractivity (Wildman–Crippen MR) is 89.5 cm³/mol. The van der Waals surface area contributed by atoms with Crippen molar-refractivity contribution < 1.29 is 4.79 Å². The molecule has 1 atom stereocenters. The molecule has 1 N–H and O–H groups in total. The molecule has 1 amide bonds. The summed E-state index contributed by atoms with van der Waals surface area (Å²) in [5.74, 6) is 0.263. The van der Waals surface area contributed by atoms with E-state index in [1.807, 2.05) is 6.33 Å². The predicted octanol–water partition coefficient (Wildman–Crippen LogP) is 2.96. The Morgan fingerprint density at radius 1 is 1.32 bits per heavy atom. The lowest BCUT2D eigenvalue weighted by Gasteiger charge is -2.20. The summed E-state index contributed by atoms with van der Waals surface area (Å²) in [6, 6.07) is 8.40. The molecule has 0 radical (unpaired) electrons. The zero-order valence-corrected chi connectivity index (χ0v) is 14.1. The maximum atomic E-state index is 11.8. The van der Waals surface area contributed by atoms with Crippen LogP contribution in [0.2, 0.25) is 0 Å². The molecule has 0 saturated carbocycles. The Morgan fingerprint density at radius 3 is 2.91 bits per heavy atom. The molecule has 22 heavy (non-hydrogen) atoms. The molecule has 2 heterocycles. The Hall–Kier alpha value is -1.62. The molecule has 5 heteroatoms. The van der Waals surface area contributed by atoms with Gasteiger partial charge in [0.15, 0.2) is 0 Å². The van der Waals surface area contributed by atoms with Crippen LogP contribution in [0.15, 0.2) is 41.3 Å². The van der Waals surface area contributed by atoms with Crippen molar-refractivity contribution >= 4 is 21.8 Å². The zero-order chi connectivity index (χ0) is 15.4. The highest BCUT2D eigenvalue weighted by atomic mass is 79.9. The number of hydrogen-bond acceptors (Lipinski definition) is 2. The van der Waals surface area contributed by atoms with Crippen LogP contribution in [0.1, 0.15) is 24.1 Å². The lowest BCUT2D eigenvalue weighted by Crippen LogP contribution is -2.37. The average Bonchev–Trinajstić information content (AvgIpc) is 2.97. The van der Waals surface area contributed by atoms with E-state index in [0.29, 0.717) is 0 Å². The van der Waals surface area contributed by atoms with Crippen molar-refractivity contribution in [2.75, 3.05) is 6.54 Å². The minimum Gasteiger partial charge on any atom is -0.356 e. The Balaban J connectivity index is 1.54. The van der Waals surface area contributed by atoms with Crippen LogP contribution in [0.25, 0.3) is 0 Å². The molecule has 1 aliphatic heterocycles. The fraction of sp³-hybridized carbons (Fsp3) is 0.412. The van der Waals surface area contributed by atoms with Gasteiger partial charge in [0.05, 0.1) is 12.0 Å². The number of aromatic nitrogens is 2. The molecule has 1 unspecified atom stereocenters. The zero-order valence-electron chi connectivity index (χ0n) is 12.5. The minimum absolute atomic E-state index is 0.0866. The molecule has 2 aromatic rings. The second kappa shape index (κ2) is 7.09. The van der Waals surface area contributed by atoms with Crippen LogP contribution in [0.3, 0.4) is 0 Å². The quantitative estimate of drug-likeness (QED) is 0.889. The first-order chi connectivity index (χ1) is 10.7. The SMILES string of the molecule is O=C1NCCCC1Cc1cn(CCc2ccc(Br)cc2)cn1. The van der Waals surface area contributed by atoms with Gasteiger partial charge in [-0.3, -0.25) is 4.79 Å². The van der Waals surface area contributed by atoms with E-state index >= 15 is 0 Å².